The van der Waals surface area contributed by atoms with Gasteiger partial charge in [0.05, 0.1) is 5.25 Å². The lowest BCUT2D eigenvalue weighted by atomic mass is 10.1. The number of rotatable bonds is 6. The van der Waals surface area contributed by atoms with Gasteiger partial charge in [0, 0.05) is 12.5 Å². The predicted octanol–water partition coefficient (Wildman–Crippen LogP) is 3.04. The number of hydrogen-bond donors (Lipinski definition) is 2. The first-order valence-electron chi connectivity index (χ1n) is 9.44. The quantitative estimate of drug-likeness (QED) is 0.449. The molecule has 0 unspecified atom stereocenters. The molecule has 1 fully saturated rings. The summed E-state index contributed by atoms with van der Waals surface area (Å²) >= 11 is 1.30. The van der Waals surface area contributed by atoms with E-state index in [1.165, 1.54) is 54.3 Å². The van der Waals surface area contributed by atoms with E-state index in [-0.39, 0.29) is 23.0 Å². The smallest absolute Gasteiger partial charge is 0.233 e. The SMILES string of the molecule is C[C@@H](Sc1nnc(Cc2ccc(F)cc2)n1N)C(=O)NC1CCCCCC1. The second-order valence-electron chi connectivity index (χ2n) is 7.03. The van der Waals surface area contributed by atoms with E-state index in [2.05, 4.69) is 15.5 Å². The molecule has 1 saturated carbocycles. The lowest BCUT2D eigenvalue weighted by Crippen LogP contribution is -2.39. The molecule has 1 amide bonds. The van der Waals surface area contributed by atoms with Crippen LogP contribution in [0, 0.1) is 5.82 Å². The molecule has 0 saturated heterocycles. The second kappa shape index (κ2) is 9.21. The average molecular weight is 392 g/mol. The van der Waals surface area contributed by atoms with Crippen LogP contribution < -0.4 is 11.2 Å². The molecule has 0 aliphatic heterocycles. The van der Waals surface area contributed by atoms with Crippen LogP contribution in [0.3, 0.4) is 0 Å². The third-order valence-electron chi connectivity index (χ3n) is 4.86. The van der Waals surface area contributed by atoms with Gasteiger partial charge >= 0.3 is 0 Å². The number of nitrogens with zero attached hydrogens (tertiary/aromatic N) is 3. The van der Waals surface area contributed by atoms with Crippen molar-refractivity contribution in [2.24, 2.45) is 0 Å². The third-order valence-corrected chi connectivity index (χ3v) is 5.92. The van der Waals surface area contributed by atoms with Gasteiger partial charge in [-0.05, 0) is 37.5 Å². The van der Waals surface area contributed by atoms with E-state index in [0.717, 1.165) is 18.4 Å². The van der Waals surface area contributed by atoms with Gasteiger partial charge in [-0.1, -0.05) is 49.6 Å². The lowest BCUT2D eigenvalue weighted by Gasteiger charge is -2.19. The van der Waals surface area contributed by atoms with Crippen LogP contribution in [0.25, 0.3) is 0 Å². The third kappa shape index (κ3) is 5.45. The molecule has 2 aromatic rings. The molecule has 1 aromatic heterocycles. The van der Waals surface area contributed by atoms with Gasteiger partial charge < -0.3 is 11.2 Å². The zero-order valence-corrected chi connectivity index (χ0v) is 16.3. The first kappa shape index (κ1) is 19.7. The number of nitrogen functional groups attached to an aromatic ring is 1. The number of carbonyl (C=O) groups excluding carboxylic acids is 1. The molecular formula is C19H26FN5OS. The van der Waals surface area contributed by atoms with Crippen LogP contribution in [0.15, 0.2) is 29.4 Å². The van der Waals surface area contributed by atoms with Gasteiger partial charge in [-0.3, -0.25) is 4.79 Å². The minimum atomic E-state index is -0.307. The number of hydrogen-bond acceptors (Lipinski definition) is 5. The van der Waals surface area contributed by atoms with Crippen molar-refractivity contribution in [3.8, 4) is 0 Å². The molecular weight excluding hydrogens is 365 g/mol. The normalized spacial score (nSPS) is 16.7. The second-order valence-corrected chi connectivity index (χ2v) is 8.34. The molecule has 1 atom stereocenters. The number of thioether (sulfide) groups is 1. The standard InChI is InChI=1S/C19H26FN5OS/c1-13(18(26)22-16-6-4-2-3-5-7-16)27-19-24-23-17(25(19)21)12-14-8-10-15(20)11-9-14/h8-11,13,16H,2-7,12,21H2,1H3,(H,22,26)/t13-/m1/s1. The Morgan fingerprint density at radius 3 is 2.59 bits per heavy atom. The highest BCUT2D eigenvalue weighted by Crippen LogP contribution is 2.23. The largest absolute Gasteiger partial charge is 0.352 e. The summed E-state index contributed by atoms with van der Waals surface area (Å²) in [4.78, 5) is 12.5. The van der Waals surface area contributed by atoms with Gasteiger partial charge in [0.2, 0.25) is 11.1 Å². The molecule has 27 heavy (non-hydrogen) atoms. The molecule has 3 rings (SSSR count). The van der Waals surface area contributed by atoms with Gasteiger partial charge in [0.15, 0.2) is 5.82 Å². The first-order chi connectivity index (χ1) is 13.0. The highest BCUT2D eigenvalue weighted by molar-refractivity contribution is 8.00. The van der Waals surface area contributed by atoms with Gasteiger partial charge in [-0.2, -0.15) is 0 Å². The summed E-state index contributed by atoms with van der Waals surface area (Å²) in [5, 5.41) is 11.6. The molecule has 1 aliphatic rings. The molecule has 8 heteroatoms. The number of carbonyl (C=O) groups is 1. The average Bonchev–Trinajstić information content (AvgIpc) is 2.85. The summed E-state index contributed by atoms with van der Waals surface area (Å²) in [6, 6.07) is 6.47. The molecule has 0 bridgehead atoms. The van der Waals surface area contributed by atoms with E-state index < -0.39 is 0 Å². The fourth-order valence-corrected chi connectivity index (χ4v) is 4.05. The Labute approximate surface area is 163 Å². The molecule has 1 heterocycles. The van der Waals surface area contributed by atoms with Crippen LogP contribution in [0.4, 0.5) is 4.39 Å². The predicted molar refractivity (Wildman–Crippen MR) is 104 cm³/mol. The lowest BCUT2D eigenvalue weighted by molar-refractivity contribution is -0.121. The summed E-state index contributed by atoms with van der Waals surface area (Å²) in [5.74, 6) is 6.40. The number of nitrogens with one attached hydrogen (secondary N) is 1. The summed E-state index contributed by atoms with van der Waals surface area (Å²) in [6.45, 7) is 1.85. The Hall–Kier alpha value is -2.09. The van der Waals surface area contributed by atoms with E-state index >= 15 is 0 Å². The highest BCUT2D eigenvalue weighted by atomic mass is 32.2. The summed E-state index contributed by atoms with van der Waals surface area (Å²) in [7, 11) is 0. The van der Waals surface area contributed by atoms with Crippen molar-refractivity contribution >= 4 is 17.7 Å². The topological polar surface area (TPSA) is 85.8 Å². The van der Waals surface area contributed by atoms with E-state index in [0.29, 0.717) is 17.4 Å². The number of halogens is 1. The van der Waals surface area contributed by atoms with Crippen LogP contribution in [-0.4, -0.2) is 32.1 Å². The zero-order valence-electron chi connectivity index (χ0n) is 15.5. The fraction of sp³-hybridized carbons (Fsp3) is 0.526. The number of amides is 1. The molecule has 6 nitrogen and oxygen atoms in total. The monoisotopic (exact) mass is 391 g/mol. The maximum atomic E-state index is 13.0. The van der Waals surface area contributed by atoms with Crippen LogP contribution in [0.5, 0.6) is 0 Å². The Morgan fingerprint density at radius 2 is 1.93 bits per heavy atom. The summed E-state index contributed by atoms with van der Waals surface area (Å²) in [5.41, 5.74) is 0.895. The molecule has 146 valence electrons. The minimum absolute atomic E-state index is 0.00924. The maximum Gasteiger partial charge on any atom is 0.233 e. The van der Waals surface area contributed by atoms with Gasteiger partial charge in [0.1, 0.15) is 5.82 Å². The van der Waals surface area contributed by atoms with Gasteiger partial charge in [0.25, 0.3) is 0 Å². The van der Waals surface area contributed by atoms with Gasteiger partial charge in [-0.25, -0.2) is 9.07 Å². The van der Waals surface area contributed by atoms with Crippen molar-refractivity contribution in [1.29, 1.82) is 0 Å². The van der Waals surface area contributed by atoms with Crippen molar-refractivity contribution in [2.75, 3.05) is 5.84 Å². The molecule has 3 N–H and O–H groups in total. The minimum Gasteiger partial charge on any atom is -0.352 e. The molecule has 0 radical (unpaired) electrons. The molecule has 0 spiro atoms. The van der Waals surface area contributed by atoms with Crippen molar-refractivity contribution < 1.29 is 9.18 Å². The fourth-order valence-electron chi connectivity index (χ4n) is 3.25. The van der Waals surface area contributed by atoms with E-state index in [9.17, 15) is 9.18 Å². The van der Waals surface area contributed by atoms with Crippen molar-refractivity contribution in [2.45, 2.75) is 68.3 Å². The van der Waals surface area contributed by atoms with Crippen molar-refractivity contribution in [1.82, 2.24) is 20.2 Å². The number of nitrogens with two attached hydrogens (primary N) is 1. The zero-order chi connectivity index (χ0) is 19.2. The highest BCUT2D eigenvalue weighted by Gasteiger charge is 2.22. The van der Waals surface area contributed by atoms with E-state index in [4.69, 9.17) is 5.84 Å². The Balaban J connectivity index is 1.57. The van der Waals surface area contributed by atoms with Crippen molar-refractivity contribution in [3.05, 3.63) is 41.5 Å². The molecule has 1 aliphatic carbocycles. The summed E-state index contributed by atoms with van der Waals surface area (Å²) in [6.07, 6.45) is 7.42. The van der Waals surface area contributed by atoms with Crippen LogP contribution in [-0.2, 0) is 11.2 Å². The molecule has 1 aromatic carbocycles. The number of aromatic nitrogens is 3. The van der Waals surface area contributed by atoms with Crippen LogP contribution in [0.2, 0.25) is 0 Å². The van der Waals surface area contributed by atoms with E-state index in [1.807, 2.05) is 6.92 Å². The maximum absolute atomic E-state index is 13.0. The van der Waals surface area contributed by atoms with E-state index in [1.54, 1.807) is 12.1 Å². The first-order valence-corrected chi connectivity index (χ1v) is 10.3. The Bertz CT molecular complexity index is 756. The van der Waals surface area contributed by atoms with Crippen LogP contribution >= 0.6 is 11.8 Å². The van der Waals surface area contributed by atoms with Crippen molar-refractivity contribution in [3.63, 3.8) is 0 Å². The number of benzene rings is 1. The van der Waals surface area contributed by atoms with Gasteiger partial charge in [-0.15, -0.1) is 10.2 Å². The van der Waals surface area contributed by atoms with Crippen LogP contribution in [0.1, 0.15) is 56.8 Å². The Kier molecular flexibility index (Phi) is 6.71. The Morgan fingerprint density at radius 1 is 1.26 bits per heavy atom. The summed E-state index contributed by atoms with van der Waals surface area (Å²) < 4.78 is 14.4.